The second kappa shape index (κ2) is 3.92. The first-order valence-corrected chi connectivity index (χ1v) is 4.43. The summed E-state index contributed by atoms with van der Waals surface area (Å²) >= 11 is 8.97. The van der Waals surface area contributed by atoms with E-state index in [1.807, 2.05) is 0 Å². The Labute approximate surface area is 83.3 Å². The van der Waals surface area contributed by atoms with Crippen molar-refractivity contribution in [1.29, 1.82) is 0 Å². The summed E-state index contributed by atoms with van der Waals surface area (Å²) in [5, 5.41) is 9.05. The van der Waals surface area contributed by atoms with Crippen LogP contribution in [0.3, 0.4) is 0 Å². The largest absolute Gasteiger partial charge is 0.481 e. The van der Waals surface area contributed by atoms with E-state index in [1.54, 1.807) is 18.2 Å². The van der Waals surface area contributed by atoms with Gasteiger partial charge in [-0.25, -0.2) is 0 Å². The number of carboxylic acid groups (broad SMARTS) is 1. The van der Waals surface area contributed by atoms with Crippen LogP contribution in [0, 0.1) is 0 Å². The van der Waals surface area contributed by atoms with Gasteiger partial charge in [0.15, 0.2) is 0 Å². The summed E-state index contributed by atoms with van der Waals surface area (Å²) in [6.07, 6.45) is -0.0128. The van der Waals surface area contributed by atoms with Gasteiger partial charge in [-0.15, -0.1) is 0 Å². The lowest BCUT2D eigenvalue weighted by Gasteiger charge is -2.01. The fourth-order valence-electron chi connectivity index (χ4n) is 0.848. The zero-order valence-corrected chi connectivity index (χ0v) is 8.39. The molecule has 0 fully saturated rings. The van der Waals surface area contributed by atoms with E-state index < -0.39 is 5.97 Å². The molecule has 0 amide bonds. The molecule has 0 aliphatic carbocycles. The highest BCUT2D eigenvalue weighted by Crippen LogP contribution is 2.26. The van der Waals surface area contributed by atoms with Crippen LogP contribution in [0.5, 0.6) is 0 Å². The number of aliphatic carboxylic acids is 1. The standard InChI is InChI=1S/C8H6BrClO2/c9-8-5(4-7(11)12)2-1-3-6(8)10/h1-3H,4H2,(H,11,12). The quantitative estimate of drug-likeness (QED) is 0.875. The molecule has 1 aromatic carbocycles. The van der Waals surface area contributed by atoms with E-state index in [-0.39, 0.29) is 6.42 Å². The Hall–Kier alpha value is -0.540. The Morgan fingerprint density at radius 2 is 2.25 bits per heavy atom. The van der Waals surface area contributed by atoms with Gasteiger partial charge in [0, 0.05) is 4.47 Å². The van der Waals surface area contributed by atoms with Crippen molar-refractivity contribution in [1.82, 2.24) is 0 Å². The van der Waals surface area contributed by atoms with Gasteiger partial charge in [-0.05, 0) is 27.6 Å². The third-order valence-electron chi connectivity index (χ3n) is 1.37. The lowest BCUT2D eigenvalue weighted by Crippen LogP contribution is -2.00. The summed E-state index contributed by atoms with van der Waals surface area (Å²) in [6, 6.07) is 5.16. The maximum absolute atomic E-state index is 10.4. The fraction of sp³-hybridized carbons (Fsp3) is 0.125. The van der Waals surface area contributed by atoms with E-state index in [2.05, 4.69) is 15.9 Å². The van der Waals surface area contributed by atoms with Gasteiger partial charge in [-0.2, -0.15) is 0 Å². The molecule has 0 radical (unpaired) electrons. The third-order valence-corrected chi connectivity index (χ3v) is 2.85. The summed E-state index contributed by atoms with van der Waals surface area (Å²) in [7, 11) is 0. The summed E-state index contributed by atoms with van der Waals surface area (Å²) in [4.78, 5) is 10.4. The Bertz CT molecular complexity index is 312. The van der Waals surface area contributed by atoms with E-state index >= 15 is 0 Å². The second-order valence-corrected chi connectivity index (χ2v) is 3.48. The van der Waals surface area contributed by atoms with Crippen LogP contribution in [0.1, 0.15) is 5.56 Å². The summed E-state index contributed by atoms with van der Waals surface area (Å²) < 4.78 is 0.661. The summed E-state index contributed by atoms with van der Waals surface area (Å²) in [5.41, 5.74) is 0.690. The van der Waals surface area contributed by atoms with Crippen LogP contribution in [0.4, 0.5) is 0 Å². The van der Waals surface area contributed by atoms with Crippen LogP contribution in [-0.2, 0) is 11.2 Å². The van der Waals surface area contributed by atoms with Gasteiger partial charge in [-0.1, -0.05) is 23.7 Å². The van der Waals surface area contributed by atoms with E-state index in [9.17, 15) is 4.79 Å². The molecule has 0 bridgehead atoms. The van der Waals surface area contributed by atoms with Crippen LogP contribution in [0.25, 0.3) is 0 Å². The lowest BCUT2D eigenvalue weighted by atomic mass is 10.1. The number of hydrogen-bond acceptors (Lipinski definition) is 1. The average molecular weight is 249 g/mol. The van der Waals surface area contributed by atoms with Gasteiger partial charge in [0.05, 0.1) is 11.4 Å². The molecule has 1 N–H and O–H groups in total. The second-order valence-electron chi connectivity index (χ2n) is 2.28. The van der Waals surface area contributed by atoms with Gasteiger partial charge in [0.2, 0.25) is 0 Å². The fourth-order valence-corrected chi connectivity index (χ4v) is 1.45. The van der Waals surface area contributed by atoms with E-state index in [0.717, 1.165) is 0 Å². The van der Waals surface area contributed by atoms with Crippen LogP contribution >= 0.6 is 27.5 Å². The molecule has 0 unspecified atom stereocenters. The molecular formula is C8H6BrClO2. The van der Waals surface area contributed by atoms with Gasteiger partial charge in [0.25, 0.3) is 0 Å². The number of rotatable bonds is 2. The molecule has 1 aromatic rings. The first-order chi connectivity index (χ1) is 5.61. The number of carboxylic acids is 1. The van der Waals surface area contributed by atoms with Crippen molar-refractivity contribution in [3.63, 3.8) is 0 Å². The molecule has 0 aliphatic heterocycles. The molecule has 12 heavy (non-hydrogen) atoms. The van der Waals surface area contributed by atoms with Crippen molar-refractivity contribution in [2.75, 3.05) is 0 Å². The Morgan fingerprint density at radius 3 is 2.83 bits per heavy atom. The molecule has 0 heterocycles. The first kappa shape index (κ1) is 9.55. The minimum absolute atomic E-state index is 0.0128. The zero-order valence-electron chi connectivity index (χ0n) is 6.05. The summed E-state index contributed by atoms with van der Waals surface area (Å²) in [6.45, 7) is 0. The van der Waals surface area contributed by atoms with Crippen molar-refractivity contribution in [3.8, 4) is 0 Å². The van der Waals surface area contributed by atoms with Gasteiger partial charge in [0.1, 0.15) is 0 Å². The smallest absolute Gasteiger partial charge is 0.307 e. The van der Waals surface area contributed by atoms with Gasteiger partial charge in [-0.3, -0.25) is 4.79 Å². The highest BCUT2D eigenvalue weighted by atomic mass is 79.9. The number of carbonyl (C=O) groups is 1. The molecule has 0 spiro atoms. The Morgan fingerprint density at radius 1 is 1.58 bits per heavy atom. The molecule has 0 saturated carbocycles. The van der Waals surface area contributed by atoms with Crippen LogP contribution in [0.2, 0.25) is 5.02 Å². The minimum atomic E-state index is -0.863. The molecule has 64 valence electrons. The molecule has 0 atom stereocenters. The summed E-state index contributed by atoms with van der Waals surface area (Å²) in [5.74, 6) is -0.863. The highest BCUT2D eigenvalue weighted by Gasteiger charge is 2.06. The van der Waals surface area contributed by atoms with E-state index in [0.29, 0.717) is 15.1 Å². The number of benzene rings is 1. The highest BCUT2D eigenvalue weighted by molar-refractivity contribution is 9.10. The van der Waals surface area contributed by atoms with E-state index in [1.165, 1.54) is 0 Å². The molecule has 4 heteroatoms. The van der Waals surface area contributed by atoms with Crippen molar-refractivity contribution in [2.24, 2.45) is 0 Å². The first-order valence-electron chi connectivity index (χ1n) is 3.26. The van der Waals surface area contributed by atoms with Crippen molar-refractivity contribution in [2.45, 2.75) is 6.42 Å². The van der Waals surface area contributed by atoms with Crippen molar-refractivity contribution < 1.29 is 9.90 Å². The maximum Gasteiger partial charge on any atom is 0.307 e. The van der Waals surface area contributed by atoms with Crippen LogP contribution in [0.15, 0.2) is 22.7 Å². The topological polar surface area (TPSA) is 37.3 Å². The van der Waals surface area contributed by atoms with Gasteiger partial charge < -0.3 is 5.11 Å². The number of halogens is 2. The molecule has 1 rings (SSSR count). The van der Waals surface area contributed by atoms with Crippen molar-refractivity contribution in [3.05, 3.63) is 33.3 Å². The van der Waals surface area contributed by atoms with Crippen LogP contribution in [-0.4, -0.2) is 11.1 Å². The Balaban J connectivity index is 3.00. The normalized spacial score (nSPS) is 9.83. The molecule has 0 saturated heterocycles. The van der Waals surface area contributed by atoms with Crippen molar-refractivity contribution >= 4 is 33.5 Å². The molecular weight excluding hydrogens is 243 g/mol. The lowest BCUT2D eigenvalue weighted by molar-refractivity contribution is -0.136. The predicted molar refractivity (Wildman–Crippen MR) is 50.5 cm³/mol. The zero-order chi connectivity index (χ0) is 9.14. The Kier molecular flexibility index (Phi) is 3.12. The molecule has 2 nitrogen and oxygen atoms in total. The van der Waals surface area contributed by atoms with Crippen LogP contribution < -0.4 is 0 Å². The average Bonchev–Trinajstić information content (AvgIpc) is 1.98. The van der Waals surface area contributed by atoms with E-state index in [4.69, 9.17) is 16.7 Å². The minimum Gasteiger partial charge on any atom is -0.481 e. The molecule has 0 aromatic heterocycles. The number of hydrogen-bond donors (Lipinski definition) is 1. The third kappa shape index (κ3) is 2.22. The van der Waals surface area contributed by atoms with Gasteiger partial charge >= 0.3 is 5.97 Å². The SMILES string of the molecule is O=C(O)Cc1cccc(Cl)c1Br. The molecule has 0 aliphatic rings. The predicted octanol–water partition coefficient (Wildman–Crippen LogP) is 2.73. The monoisotopic (exact) mass is 248 g/mol. The maximum atomic E-state index is 10.4.